The predicted molar refractivity (Wildman–Crippen MR) is 78.3 cm³/mol. The maximum atomic E-state index is 11.0. The Morgan fingerprint density at radius 1 is 1.45 bits per heavy atom. The minimum absolute atomic E-state index is 0.0773. The van der Waals surface area contributed by atoms with Crippen LogP contribution >= 0.6 is 0 Å². The summed E-state index contributed by atoms with van der Waals surface area (Å²) in [6.45, 7) is 1.52. The van der Waals surface area contributed by atoms with Gasteiger partial charge in [-0.3, -0.25) is 15.0 Å². The van der Waals surface area contributed by atoms with Crippen molar-refractivity contribution in [2.24, 2.45) is 7.05 Å². The van der Waals surface area contributed by atoms with Crippen molar-refractivity contribution in [2.45, 2.75) is 12.1 Å². The summed E-state index contributed by atoms with van der Waals surface area (Å²) in [6.07, 6.45) is 1.82. The molecule has 8 heteroatoms. The molecule has 1 aliphatic heterocycles. The zero-order valence-corrected chi connectivity index (χ0v) is 12.4. The van der Waals surface area contributed by atoms with Crippen LogP contribution in [0.1, 0.15) is 17.4 Å². The number of methoxy groups -OCH3 is 1. The fourth-order valence-corrected chi connectivity index (χ4v) is 2.70. The van der Waals surface area contributed by atoms with Crippen molar-refractivity contribution in [1.29, 1.82) is 0 Å². The number of hydrogen-bond donors (Lipinski definition) is 0. The zero-order chi connectivity index (χ0) is 15.7. The van der Waals surface area contributed by atoms with Gasteiger partial charge in [0.1, 0.15) is 6.33 Å². The lowest BCUT2D eigenvalue weighted by Gasteiger charge is -2.43. The first-order valence-corrected chi connectivity index (χ1v) is 6.95. The normalized spacial score (nSPS) is 17.2. The fraction of sp³-hybridized carbons (Fsp3) is 0.429. The average Bonchev–Trinajstić information content (AvgIpc) is 2.88. The Morgan fingerprint density at radius 3 is 2.82 bits per heavy atom. The minimum atomic E-state index is -0.384. The molecule has 22 heavy (non-hydrogen) atoms. The molecule has 116 valence electrons. The largest absolute Gasteiger partial charge is 0.379 e. The van der Waals surface area contributed by atoms with Crippen molar-refractivity contribution in [3.63, 3.8) is 0 Å². The molecule has 0 radical (unpaired) electrons. The van der Waals surface area contributed by atoms with Gasteiger partial charge in [-0.05, 0) is 5.56 Å². The third-order valence-electron chi connectivity index (χ3n) is 3.96. The van der Waals surface area contributed by atoms with Crippen LogP contribution in [0.2, 0.25) is 0 Å². The lowest BCUT2D eigenvalue weighted by Crippen LogP contribution is -2.53. The highest BCUT2D eigenvalue weighted by molar-refractivity contribution is 5.38. The van der Waals surface area contributed by atoms with E-state index in [1.54, 1.807) is 25.6 Å². The molecule has 1 unspecified atom stereocenters. The van der Waals surface area contributed by atoms with Crippen LogP contribution in [0.25, 0.3) is 0 Å². The summed E-state index contributed by atoms with van der Waals surface area (Å²) in [6, 6.07) is 6.50. The highest BCUT2D eigenvalue weighted by Gasteiger charge is 2.36. The van der Waals surface area contributed by atoms with Gasteiger partial charge in [0.25, 0.3) is 5.69 Å². The van der Waals surface area contributed by atoms with Crippen LogP contribution in [-0.4, -0.2) is 50.9 Å². The Hall–Kier alpha value is -2.32. The molecule has 3 rings (SSSR count). The Bertz CT molecular complexity index is 681. The van der Waals surface area contributed by atoms with Gasteiger partial charge in [-0.2, -0.15) is 0 Å². The fourth-order valence-electron chi connectivity index (χ4n) is 2.70. The van der Waals surface area contributed by atoms with Crippen LogP contribution in [0.15, 0.2) is 30.6 Å². The first-order valence-electron chi connectivity index (χ1n) is 6.95. The van der Waals surface area contributed by atoms with Crippen molar-refractivity contribution >= 4 is 5.69 Å². The molecule has 0 aliphatic carbocycles. The van der Waals surface area contributed by atoms with Gasteiger partial charge in [-0.15, -0.1) is 10.2 Å². The summed E-state index contributed by atoms with van der Waals surface area (Å²) < 4.78 is 7.16. The highest BCUT2D eigenvalue weighted by Crippen LogP contribution is 2.33. The second kappa shape index (κ2) is 5.82. The molecular weight excluding hydrogens is 286 g/mol. The number of aromatic nitrogens is 3. The van der Waals surface area contributed by atoms with Crippen LogP contribution < -0.4 is 0 Å². The Kier molecular flexibility index (Phi) is 3.86. The molecule has 8 nitrogen and oxygen atoms in total. The highest BCUT2D eigenvalue weighted by atomic mass is 16.6. The summed E-state index contributed by atoms with van der Waals surface area (Å²) >= 11 is 0. The number of nitro groups is 1. The van der Waals surface area contributed by atoms with Gasteiger partial charge in [-0.25, -0.2) is 0 Å². The molecule has 2 heterocycles. The number of hydrogen-bond acceptors (Lipinski definition) is 6. The number of non-ortho nitro benzene ring substituents is 1. The third-order valence-corrected chi connectivity index (χ3v) is 3.96. The van der Waals surface area contributed by atoms with E-state index in [1.807, 2.05) is 17.7 Å². The summed E-state index contributed by atoms with van der Waals surface area (Å²) in [5.74, 6) is 0.759. The number of likely N-dealkylation sites (tertiary alicyclic amines) is 1. The molecule has 1 aromatic heterocycles. The molecule has 0 amide bonds. The van der Waals surface area contributed by atoms with Gasteiger partial charge >= 0.3 is 0 Å². The second-order valence-electron chi connectivity index (χ2n) is 5.37. The first kappa shape index (κ1) is 14.6. The van der Waals surface area contributed by atoms with E-state index in [4.69, 9.17) is 4.74 Å². The summed E-state index contributed by atoms with van der Waals surface area (Å²) in [5.41, 5.74) is 0.910. The van der Waals surface area contributed by atoms with Crippen molar-refractivity contribution in [3.8, 4) is 0 Å². The quantitative estimate of drug-likeness (QED) is 0.608. The van der Waals surface area contributed by atoms with E-state index in [-0.39, 0.29) is 22.8 Å². The van der Waals surface area contributed by atoms with Crippen molar-refractivity contribution in [2.75, 3.05) is 20.2 Å². The summed E-state index contributed by atoms with van der Waals surface area (Å²) in [5, 5.41) is 19.1. The van der Waals surface area contributed by atoms with Crippen LogP contribution in [0.4, 0.5) is 5.69 Å². The molecule has 2 aromatic rings. The predicted octanol–water partition coefficient (Wildman–Crippen LogP) is 1.14. The van der Waals surface area contributed by atoms with E-state index in [9.17, 15) is 10.1 Å². The lowest BCUT2D eigenvalue weighted by atomic mass is 9.99. The molecule has 0 bridgehead atoms. The molecule has 1 aromatic carbocycles. The van der Waals surface area contributed by atoms with Crippen LogP contribution in [0, 0.1) is 10.1 Å². The topological polar surface area (TPSA) is 86.3 Å². The van der Waals surface area contributed by atoms with Gasteiger partial charge < -0.3 is 9.30 Å². The average molecular weight is 303 g/mol. The number of nitro benzene ring substituents is 1. The minimum Gasteiger partial charge on any atom is -0.379 e. The molecule has 1 aliphatic rings. The van der Waals surface area contributed by atoms with E-state index >= 15 is 0 Å². The van der Waals surface area contributed by atoms with Gasteiger partial charge in [-0.1, -0.05) is 12.1 Å². The van der Waals surface area contributed by atoms with Crippen LogP contribution in [-0.2, 0) is 11.8 Å². The van der Waals surface area contributed by atoms with E-state index < -0.39 is 0 Å². The van der Waals surface area contributed by atoms with Gasteiger partial charge in [0.05, 0.1) is 17.1 Å². The van der Waals surface area contributed by atoms with Gasteiger partial charge in [0.2, 0.25) is 0 Å². The van der Waals surface area contributed by atoms with Crippen molar-refractivity contribution in [1.82, 2.24) is 19.7 Å². The lowest BCUT2D eigenvalue weighted by molar-refractivity contribution is -0.385. The number of rotatable bonds is 5. The van der Waals surface area contributed by atoms with E-state index in [0.29, 0.717) is 0 Å². The molecule has 1 saturated heterocycles. The van der Waals surface area contributed by atoms with Gasteiger partial charge in [0, 0.05) is 39.4 Å². The van der Waals surface area contributed by atoms with E-state index in [2.05, 4.69) is 15.1 Å². The summed E-state index contributed by atoms with van der Waals surface area (Å²) in [7, 11) is 3.56. The molecule has 1 fully saturated rings. The first-order chi connectivity index (χ1) is 10.6. The maximum Gasteiger partial charge on any atom is 0.269 e. The standard InChI is InChI=1S/C14H17N5O3/c1-17-9-15-16-14(17)13(18-7-12(8-18)22-2)10-4-3-5-11(6-10)19(20)21/h3-6,9,12-13H,7-8H2,1-2H3. The van der Waals surface area contributed by atoms with E-state index in [1.165, 1.54) is 6.07 Å². The van der Waals surface area contributed by atoms with Gasteiger partial charge in [0.15, 0.2) is 5.82 Å². The van der Waals surface area contributed by atoms with E-state index in [0.717, 1.165) is 24.5 Å². The smallest absolute Gasteiger partial charge is 0.269 e. The van der Waals surface area contributed by atoms with Crippen molar-refractivity contribution in [3.05, 3.63) is 52.1 Å². The third kappa shape index (κ3) is 2.58. The molecule has 0 N–H and O–H groups in total. The van der Waals surface area contributed by atoms with Crippen molar-refractivity contribution < 1.29 is 9.66 Å². The number of benzene rings is 1. The maximum absolute atomic E-state index is 11.0. The van der Waals surface area contributed by atoms with Crippen LogP contribution in [0.3, 0.4) is 0 Å². The monoisotopic (exact) mass is 303 g/mol. The number of aryl methyl sites for hydroxylation is 1. The summed E-state index contributed by atoms with van der Waals surface area (Å²) in [4.78, 5) is 12.8. The molecule has 0 saturated carbocycles. The Balaban J connectivity index is 1.97. The Labute approximate surface area is 127 Å². The SMILES string of the molecule is COC1CN(C(c2cccc([N+](=O)[O-])c2)c2nncn2C)C1. The molecule has 1 atom stereocenters. The number of ether oxygens (including phenoxy) is 1. The molecule has 0 spiro atoms. The molecular formula is C14H17N5O3. The number of nitrogens with zero attached hydrogens (tertiary/aromatic N) is 5. The Morgan fingerprint density at radius 2 is 2.23 bits per heavy atom. The van der Waals surface area contributed by atoms with Crippen LogP contribution in [0.5, 0.6) is 0 Å². The second-order valence-corrected chi connectivity index (χ2v) is 5.37. The zero-order valence-electron chi connectivity index (χ0n) is 12.4.